The summed E-state index contributed by atoms with van der Waals surface area (Å²) in [5.41, 5.74) is 1.98. The Kier molecular flexibility index (Phi) is 5.31. The number of aromatic nitrogens is 2. The predicted octanol–water partition coefficient (Wildman–Crippen LogP) is 3.78. The van der Waals surface area contributed by atoms with Gasteiger partial charge in [-0.3, -0.25) is 4.98 Å². The van der Waals surface area contributed by atoms with Crippen LogP contribution < -0.4 is 5.32 Å². The van der Waals surface area contributed by atoms with E-state index in [2.05, 4.69) is 27.6 Å². The molecule has 2 heterocycles. The number of hydrogen-bond donors (Lipinski definition) is 1. The molecule has 0 saturated heterocycles. The van der Waals surface area contributed by atoms with Gasteiger partial charge < -0.3 is 5.32 Å². The van der Waals surface area contributed by atoms with Crippen LogP contribution in [0.5, 0.6) is 0 Å². The molecule has 0 aliphatic rings. The molecule has 102 valence electrons. The van der Waals surface area contributed by atoms with Crippen molar-refractivity contribution in [2.75, 3.05) is 6.54 Å². The Balaban J connectivity index is 2.18. The van der Waals surface area contributed by atoms with Crippen LogP contribution in [0.1, 0.15) is 35.8 Å². The maximum Gasteiger partial charge on any atom is 0.0947 e. The summed E-state index contributed by atoms with van der Waals surface area (Å²) in [7, 11) is 0. The van der Waals surface area contributed by atoms with E-state index < -0.39 is 0 Å². The summed E-state index contributed by atoms with van der Waals surface area (Å²) < 4.78 is 0. The minimum Gasteiger partial charge on any atom is -0.308 e. The van der Waals surface area contributed by atoms with E-state index in [1.54, 1.807) is 17.5 Å². The Morgan fingerprint density at radius 2 is 2.32 bits per heavy atom. The zero-order valence-corrected chi connectivity index (χ0v) is 12.8. The highest BCUT2D eigenvalue weighted by atomic mass is 35.5. The highest BCUT2D eigenvalue weighted by Crippen LogP contribution is 2.24. The van der Waals surface area contributed by atoms with Gasteiger partial charge in [-0.05, 0) is 32.0 Å². The van der Waals surface area contributed by atoms with Gasteiger partial charge in [-0.25, -0.2) is 4.98 Å². The van der Waals surface area contributed by atoms with Gasteiger partial charge in [-0.15, -0.1) is 11.3 Å². The Labute approximate surface area is 123 Å². The normalized spacial score (nSPS) is 12.6. The molecule has 0 radical (unpaired) electrons. The number of aryl methyl sites for hydroxylation is 1. The molecule has 5 heteroatoms. The molecule has 2 aromatic heterocycles. The molecule has 0 saturated carbocycles. The molecular formula is C14H18ClN3S. The van der Waals surface area contributed by atoms with Crippen LogP contribution in [0.3, 0.4) is 0 Å². The Hall–Kier alpha value is -0.970. The smallest absolute Gasteiger partial charge is 0.0947 e. The summed E-state index contributed by atoms with van der Waals surface area (Å²) >= 11 is 7.94. The second kappa shape index (κ2) is 6.98. The molecule has 0 aliphatic carbocycles. The molecule has 2 aromatic rings. The number of pyridine rings is 1. The Bertz CT molecular complexity index is 527. The number of nitrogens with zero attached hydrogens (tertiary/aromatic N) is 2. The van der Waals surface area contributed by atoms with Gasteiger partial charge >= 0.3 is 0 Å². The SMILES string of the molecule is CCCNC(Cc1nc(C)cs1)c1ncccc1Cl. The fourth-order valence-corrected chi connectivity index (χ4v) is 2.98. The molecule has 3 nitrogen and oxygen atoms in total. The van der Waals surface area contributed by atoms with Crippen LogP contribution >= 0.6 is 22.9 Å². The minimum absolute atomic E-state index is 0.124. The van der Waals surface area contributed by atoms with E-state index in [0.717, 1.165) is 35.8 Å². The van der Waals surface area contributed by atoms with Crippen molar-refractivity contribution in [2.45, 2.75) is 32.7 Å². The third-order valence-corrected chi connectivity index (χ3v) is 4.11. The number of nitrogens with one attached hydrogen (secondary N) is 1. The minimum atomic E-state index is 0.124. The van der Waals surface area contributed by atoms with Crippen molar-refractivity contribution in [2.24, 2.45) is 0 Å². The molecule has 0 amide bonds. The molecule has 2 rings (SSSR count). The lowest BCUT2D eigenvalue weighted by atomic mass is 10.1. The van der Waals surface area contributed by atoms with E-state index in [1.165, 1.54) is 0 Å². The van der Waals surface area contributed by atoms with Gasteiger partial charge in [-0.1, -0.05) is 18.5 Å². The van der Waals surface area contributed by atoms with Gasteiger partial charge in [0, 0.05) is 23.7 Å². The Morgan fingerprint density at radius 3 is 2.95 bits per heavy atom. The zero-order chi connectivity index (χ0) is 13.7. The van der Waals surface area contributed by atoms with Crippen LogP contribution in [0.25, 0.3) is 0 Å². The third kappa shape index (κ3) is 4.00. The van der Waals surface area contributed by atoms with Gasteiger partial charge in [0.1, 0.15) is 0 Å². The van der Waals surface area contributed by atoms with E-state index in [4.69, 9.17) is 11.6 Å². The molecule has 0 aliphatic heterocycles. The highest BCUT2D eigenvalue weighted by molar-refractivity contribution is 7.09. The van der Waals surface area contributed by atoms with Crippen LogP contribution in [0.4, 0.5) is 0 Å². The first-order valence-electron chi connectivity index (χ1n) is 6.45. The van der Waals surface area contributed by atoms with Gasteiger partial charge in [0.05, 0.1) is 21.8 Å². The van der Waals surface area contributed by atoms with Crippen molar-refractivity contribution in [1.82, 2.24) is 15.3 Å². The molecule has 0 aromatic carbocycles. The quantitative estimate of drug-likeness (QED) is 0.881. The van der Waals surface area contributed by atoms with Crippen molar-refractivity contribution in [3.8, 4) is 0 Å². The molecule has 0 fully saturated rings. The number of thiazole rings is 1. The monoisotopic (exact) mass is 295 g/mol. The lowest BCUT2D eigenvalue weighted by Crippen LogP contribution is -2.25. The first kappa shape index (κ1) is 14.4. The summed E-state index contributed by atoms with van der Waals surface area (Å²) in [4.78, 5) is 8.94. The molecule has 1 N–H and O–H groups in total. The van der Waals surface area contributed by atoms with Crippen molar-refractivity contribution in [3.63, 3.8) is 0 Å². The van der Waals surface area contributed by atoms with E-state index in [-0.39, 0.29) is 6.04 Å². The lowest BCUT2D eigenvalue weighted by molar-refractivity contribution is 0.517. The van der Waals surface area contributed by atoms with Crippen molar-refractivity contribution in [1.29, 1.82) is 0 Å². The van der Waals surface area contributed by atoms with Crippen LogP contribution in [-0.4, -0.2) is 16.5 Å². The molecule has 19 heavy (non-hydrogen) atoms. The third-order valence-electron chi connectivity index (χ3n) is 2.80. The standard InChI is InChI=1S/C14H18ClN3S/c1-3-6-16-12(8-13-18-10(2)9-19-13)14-11(15)5-4-7-17-14/h4-5,7,9,12,16H,3,6,8H2,1-2H3. The first-order chi connectivity index (χ1) is 9.20. The van der Waals surface area contributed by atoms with Crippen LogP contribution in [-0.2, 0) is 6.42 Å². The number of rotatable bonds is 6. The van der Waals surface area contributed by atoms with Crippen LogP contribution in [0.15, 0.2) is 23.7 Å². The van der Waals surface area contributed by atoms with Gasteiger partial charge in [-0.2, -0.15) is 0 Å². The number of halogens is 1. The van der Waals surface area contributed by atoms with E-state index >= 15 is 0 Å². The van der Waals surface area contributed by atoms with E-state index in [0.29, 0.717) is 5.02 Å². The first-order valence-corrected chi connectivity index (χ1v) is 7.71. The topological polar surface area (TPSA) is 37.8 Å². The van der Waals surface area contributed by atoms with Crippen molar-refractivity contribution in [3.05, 3.63) is 45.1 Å². The largest absolute Gasteiger partial charge is 0.308 e. The summed E-state index contributed by atoms with van der Waals surface area (Å²) in [6.07, 6.45) is 3.70. The van der Waals surface area contributed by atoms with Gasteiger partial charge in [0.15, 0.2) is 0 Å². The summed E-state index contributed by atoms with van der Waals surface area (Å²) in [5.74, 6) is 0. The average Bonchev–Trinajstić information content (AvgIpc) is 2.81. The second-order valence-corrected chi connectivity index (χ2v) is 5.81. The maximum atomic E-state index is 6.25. The summed E-state index contributed by atoms with van der Waals surface area (Å²) in [6, 6.07) is 3.87. The second-order valence-electron chi connectivity index (χ2n) is 4.46. The van der Waals surface area contributed by atoms with Gasteiger partial charge in [0.2, 0.25) is 0 Å². The number of hydrogen-bond acceptors (Lipinski definition) is 4. The fourth-order valence-electron chi connectivity index (χ4n) is 1.91. The highest BCUT2D eigenvalue weighted by Gasteiger charge is 2.17. The predicted molar refractivity (Wildman–Crippen MR) is 80.8 cm³/mol. The fraction of sp³-hybridized carbons (Fsp3) is 0.429. The van der Waals surface area contributed by atoms with Gasteiger partial charge in [0.25, 0.3) is 0 Å². The van der Waals surface area contributed by atoms with Crippen molar-refractivity contribution >= 4 is 22.9 Å². The zero-order valence-electron chi connectivity index (χ0n) is 11.2. The van der Waals surface area contributed by atoms with E-state index in [1.807, 2.05) is 19.1 Å². The lowest BCUT2D eigenvalue weighted by Gasteiger charge is -2.17. The van der Waals surface area contributed by atoms with Crippen LogP contribution in [0, 0.1) is 6.92 Å². The van der Waals surface area contributed by atoms with Crippen LogP contribution in [0.2, 0.25) is 5.02 Å². The molecule has 1 atom stereocenters. The average molecular weight is 296 g/mol. The molecule has 0 bridgehead atoms. The summed E-state index contributed by atoms with van der Waals surface area (Å²) in [6.45, 7) is 5.11. The maximum absolute atomic E-state index is 6.25. The molecule has 1 unspecified atom stereocenters. The molecule has 0 spiro atoms. The molecular weight excluding hydrogens is 278 g/mol. The Morgan fingerprint density at radius 1 is 1.47 bits per heavy atom. The van der Waals surface area contributed by atoms with Crippen molar-refractivity contribution < 1.29 is 0 Å². The summed E-state index contributed by atoms with van der Waals surface area (Å²) in [5, 5.41) is 7.41. The van der Waals surface area contributed by atoms with E-state index in [9.17, 15) is 0 Å².